The van der Waals surface area contributed by atoms with E-state index in [2.05, 4.69) is 4.74 Å². The largest absolute Gasteiger partial charge is 0.461 e. The Kier molecular flexibility index (Phi) is 6.28. The highest BCUT2D eigenvalue weighted by Crippen LogP contribution is 2.18. The molecule has 8 heteroatoms. The van der Waals surface area contributed by atoms with Crippen molar-refractivity contribution >= 4 is 22.1 Å². The summed E-state index contributed by atoms with van der Waals surface area (Å²) in [6, 6.07) is 6.23. The maximum atomic E-state index is 12.0. The molecule has 0 bridgehead atoms. The summed E-state index contributed by atoms with van der Waals surface area (Å²) in [6.45, 7) is 4.72. The van der Waals surface area contributed by atoms with Crippen LogP contribution < -0.4 is 0 Å². The van der Waals surface area contributed by atoms with Crippen LogP contribution in [0.25, 0.3) is 0 Å². The number of rotatable bonds is 6. The molecular formula is C15H20O7S. The molecule has 0 heterocycles. The lowest BCUT2D eigenvalue weighted by molar-refractivity contribution is -0.174. The van der Waals surface area contributed by atoms with Crippen LogP contribution in [0.5, 0.6) is 0 Å². The molecule has 1 aromatic carbocycles. The molecule has 0 aliphatic heterocycles. The highest BCUT2D eigenvalue weighted by Gasteiger charge is 2.28. The Morgan fingerprint density at radius 2 is 1.65 bits per heavy atom. The summed E-state index contributed by atoms with van der Waals surface area (Å²) in [5.41, 5.74) is -0.145. The van der Waals surface area contributed by atoms with E-state index in [4.69, 9.17) is 8.92 Å². The molecular weight excluding hydrogens is 324 g/mol. The zero-order chi connectivity index (χ0) is 17.7. The Bertz CT molecular complexity index is 660. The molecule has 1 aromatic rings. The Morgan fingerprint density at radius 3 is 2.17 bits per heavy atom. The van der Waals surface area contributed by atoms with Crippen LogP contribution in [0.1, 0.15) is 25.8 Å². The van der Waals surface area contributed by atoms with Gasteiger partial charge in [-0.25, -0.2) is 9.59 Å². The zero-order valence-corrected chi connectivity index (χ0v) is 14.3. The van der Waals surface area contributed by atoms with Gasteiger partial charge in [0.15, 0.2) is 0 Å². The Labute approximate surface area is 135 Å². The number of benzene rings is 1. The first kappa shape index (κ1) is 19.1. The van der Waals surface area contributed by atoms with Crippen LogP contribution >= 0.6 is 0 Å². The number of methoxy groups -OCH3 is 1. The molecule has 0 saturated carbocycles. The molecule has 23 heavy (non-hydrogen) atoms. The predicted octanol–water partition coefficient (Wildman–Crippen LogP) is 1.59. The van der Waals surface area contributed by atoms with Crippen molar-refractivity contribution < 1.29 is 31.7 Å². The van der Waals surface area contributed by atoms with Crippen LogP contribution in [0.2, 0.25) is 0 Å². The van der Waals surface area contributed by atoms with Gasteiger partial charge in [-0.05, 0) is 32.9 Å². The Morgan fingerprint density at radius 1 is 1.09 bits per heavy atom. The summed E-state index contributed by atoms with van der Waals surface area (Å²) in [5, 5.41) is 0. The SMILES string of the molecule is COC(=O)C(=O)OC(C)(C)CCOS(=O)(=O)c1ccc(C)cc1. The molecule has 0 fully saturated rings. The van der Waals surface area contributed by atoms with Crippen molar-refractivity contribution in [2.75, 3.05) is 13.7 Å². The smallest absolute Gasteiger partial charge is 0.417 e. The van der Waals surface area contributed by atoms with E-state index in [0.29, 0.717) is 0 Å². The third-order valence-electron chi connectivity index (χ3n) is 2.97. The standard InChI is InChI=1S/C15H20O7S/c1-11-5-7-12(8-6-11)23(18,19)21-10-9-15(2,3)22-14(17)13(16)20-4/h5-8H,9-10H2,1-4H3. The van der Waals surface area contributed by atoms with E-state index >= 15 is 0 Å². The molecule has 0 unspecified atom stereocenters. The summed E-state index contributed by atoms with van der Waals surface area (Å²) >= 11 is 0. The number of hydrogen-bond donors (Lipinski definition) is 0. The maximum absolute atomic E-state index is 12.0. The minimum absolute atomic E-state index is 0.0486. The minimum Gasteiger partial charge on any atom is -0.461 e. The van der Waals surface area contributed by atoms with Gasteiger partial charge in [0.2, 0.25) is 0 Å². The van der Waals surface area contributed by atoms with E-state index in [1.807, 2.05) is 6.92 Å². The molecule has 0 aliphatic carbocycles. The van der Waals surface area contributed by atoms with Crippen LogP contribution in [0, 0.1) is 6.92 Å². The molecule has 128 valence electrons. The van der Waals surface area contributed by atoms with Crippen LogP contribution in [-0.4, -0.2) is 39.7 Å². The van der Waals surface area contributed by atoms with Gasteiger partial charge in [0.1, 0.15) is 5.60 Å². The molecule has 0 N–H and O–H groups in total. The molecule has 0 amide bonds. The van der Waals surface area contributed by atoms with Gasteiger partial charge in [0.25, 0.3) is 10.1 Å². The van der Waals surface area contributed by atoms with E-state index in [9.17, 15) is 18.0 Å². The number of ether oxygens (including phenoxy) is 2. The number of carbonyl (C=O) groups is 2. The van der Waals surface area contributed by atoms with Crippen molar-refractivity contribution in [3.05, 3.63) is 29.8 Å². The third kappa shape index (κ3) is 5.99. The number of carbonyl (C=O) groups excluding carboxylic acids is 2. The molecule has 0 spiro atoms. The van der Waals surface area contributed by atoms with Gasteiger partial charge in [-0.2, -0.15) is 8.42 Å². The van der Waals surface area contributed by atoms with E-state index in [1.54, 1.807) is 12.1 Å². The highest BCUT2D eigenvalue weighted by molar-refractivity contribution is 7.86. The fourth-order valence-electron chi connectivity index (χ4n) is 1.60. The summed E-state index contributed by atoms with van der Waals surface area (Å²) < 4.78 is 38.1. The normalized spacial score (nSPS) is 11.8. The van der Waals surface area contributed by atoms with E-state index < -0.39 is 27.7 Å². The van der Waals surface area contributed by atoms with Gasteiger partial charge < -0.3 is 9.47 Å². The molecule has 0 saturated heterocycles. The monoisotopic (exact) mass is 344 g/mol. The first-order valence-electron chi connectivity index (χ1n) is 6.85. The summed E-state index contributed by atoms with van der Waals surface area (Å²) in [7, 11) is -2.82. The lowest BCUT2D eigenvalue weighted by Gasteiger charge is -2.24. The van der Waals surface area contributed by atoms with Crippen molar-refractivity contribution in [1.29, 1.82) is 0 Å². The van der Waals surface area contributed by atoms with Gasteiger partial charge in [-0.3, -0.25) is 4.18 Å². The maximum Gasteiger partial charge on any atom is 0.417 e. The van der Waals surface area contributed by atoms with Gasteiger partial charge in [0.05, 0.1) is 18.6 Å². The molecule has 1 rings (SSSR count). The fraction of sp³-hybridized carbons (Fsp3) is 0.467. The first-order valence-corrected chi connectivity index (χ1v) is 8.25. The van der Waals surface area contributed by atoms with Crippen LogP contribution in [0.3, 0.4) is 0 Å². The summed E-state index contributed by atoms with van der Waals surface area (Å²) in [4.78, 5) is 22.4. The lowest BCUT2D eigenvalue weighted by atomic mass is 10.1. The molecule has 0 radical (unpaired) electrons. The van der Waals surface area contributed by atoms with Gasteiger partial charge in [-0.15, -0.1) is 0 Å². The number of aryl methyl sites for hydroxylation is 1. The molecule has 0 aromatic heterocycles. The zero-order valence-electron chi connectivity index (χ0n) is 13.5. The highest BCUT2D eigenvalue weighted by atomic mass is 32.2. The average molecular weight is 344 g/mol. The van der Waals surface area contributed by atoms with Gasteiger partial charge >= 0.3 is 11.9 Å². The Hall–Kier alpha value is -1.93. The average Bonchev–Trinajstić information content (AvgIpc) is 2.45. The number of esters is 2. The van der Waals surface area contributed by atoms with Crippen LogP contribution in [-0.2, 0) is 33.4 Å². The molecule has 0 atom stereocenters. The lowest BCUT2D eigenvalue weighted by Crippen LogP contribution is -2.33. The topological polar surface area (TPSA) is 96.0 Å². The van der Waals surface area contributed by atoms with Crippen molar-refractivity contribution in [2.45, 2.75) is 37.7 Å². The van der Waals surface area contributed by atoms with Crippen LogP contribution in [0.4, 0.5) is 0 Å². The fourth-order valence-corrected chi connectivity index (χ4v) is 2.51. The second kappa shape index (κ2) is 7.56. The second-order valence-corrected chi connectivity index (χ2v) is 7.10. The first-order chi connectivity index (χ1) is 10.6. The Balaban J connectivity index is 2.59. The van der Waals surface area contributed by atoms with Crippen LogP contribution in [0.15, 0.2) is 29.2 Å². The van der Waals surface area contributed by atoms with E-state index in [1.165, 1.54) is 26.0 Å². The molecule has 7 nitrogen and oxygen atoms in total. The van der Waals surface area contributed by atoms with E-state index in [-0.39, 0.29) is 17.9 Å². The second-order valence-electron chi connectivity index (χ2n) is 5.48. The quantitative estimate of drug-likeness (QED) is 0.439. The van der Waals surface area contributed by atoms with Crippen molar-refractivity contribution in [3.63, 3.8) is 0 Å². The predicted molar refractivity (Wildman–Crippen MR) is 81.1 cm³/mol. The minimum atomic E-state index is -3.88. The molecule has 0 aliphatic rings. The summed E-state index contributed by atoms with van der Waals surface area (Å²) in [5.74, 6) is -2.26. The van der Waals surface area contributed by atoms with Gasteiger partial charge in [0, 0.05) is 6.42 Å². The van der Waals surface area contributed by atoms with Crippen molar-refractivity contribution in [3.8, 4) is 0 Å². The van der Waals surface area contributed by atoms with Crippen molar-refractivity contribution in [1.82, 2.24) is 0 Å². The van der Waals surface area contributed by atoms with E-state index in [0.717, 1.165) is 12.7 Å². The third-order valence-corrected chi connectivity index (χ3v) is 4.30. The van der Waals surface area contributed by atoms with Crippen molar-refractivity contribution in [2.24, 2.45) is 0 Å². The number of hydrogen-bond acceptors (Lipinski definition) is 7. The summed E-state index contributed by atoms with van der Waals surface area (Å²) in [6.07, 6.45) is 0.0842. The van der Waals surface area contributed by atoms with Gasteiger partial charge in [-0.1, -0.05) is 17.7 Å².